The monoisotopic (exact) mass is 318 g/mol. The van der Waals surface area contributed by atoms with E-state index in [1.54, 1.807) is 19.1 Å². The number of nitrogens with one attached hydrogen (secondary N) is 1. The zero-order valence-electron chi connectivity index (χ0n) is 12.2. The molecule has 120 valence electrons. The fourth-order valence-electron chi connectivity index (χ4n) is 1.73. The van der Waals surface area contributed by atoms with Crippen LogP contribution in [-0.2, 0) is 16.1 Å². The van der Waals surface area contributed by atoms with E-state index in [1.807, 2.05) is 0 Å². The number of aromatic nitrogens is 3. The predicted molar refractivity (Wildman–Crippen MR) is 78.0 cm³/mol. The molecule has 0 atom stereocenters. The fourth-order valence-corrected chi connectivity index (χ4v) is 1.73. The second-order valence-electron chi connectivity index (χ2n) is 4.45. The van der Waals surface area contributed by atoms with Gasteiger partial charge in [-0.15, -0.1) is 5.10 Å². The third kappa shape index (κ3) is 4.37. The molecule has 1 aromatic carbocycles. The number of ether oxygens (including phenoxy) is 1. The minimum atomic E-state index is -1.22. The number of rotatable bonds is 6. The molecule has 1 aromatic heterocycles. The summed E-state index contributed by atoms with van der Waals surface area (Å²) in [7, 11) is 0. The van der Waals surface area contributed by atoms with Crippen LogP contribution in [0.3, 0.4) is 0 Å². The summed E-state index contributed by atoms with van der Waals surface area (Å²) in [5, 5.41) is 18.3. The van der Waals surface area contributed by atoms with Gasteiger partial charge in [-0.2, -0.15) is 0 Å². The number of anilines is 1. The maximum atomic E-state index is 11.8. The summed E-state index contributed by atoms with van der Waals surface area (Å²) < 4.78 is 5.97. The normalized spacial score (nSPS) is 10.1. The number of benzene rings is 1. The first-order valence-corrected chi connectivity index (χ1v) is 6.70. The number of hydrogen-bond acceptors (Lipinski definition) is 6. The molecule has 0 aliphatic carbocycles. The van der Waals surface area contributed by atoms with Crippen LogP contribution in [0.25, 0.3) is 0 Å². The smallest absolute Gasteiger partial charge is 0.358 e. The van der Waals surface area contributed by atoms with Crippen LogP contribution in [0.5, 0.6) is 0 Å². The predicted octanol–water partition coefficient (Wildman–Crippen LogP) is 0.792. The molecule has 0 saturated carbocycles. The Morgan fingerprint density at radius 1 is 1.26 bits per heavy atom. The van der Waals surface area contributed by atoms with Crippen molar-refractivity contribution in [2.75, 3.05) is 11.9 Å². The summed E-state index contributed by atoms with van der Waals surface area (Å²) in [6.45, 7) is 1.82. The minimum Gasteiger partial charge on any atom is -0.476 e. The number of hydrogen-bond donors (Lipinski definition) is 2. The molecule has 0 radical (unpaired) electrons. The summed E-state index contributed by atoms with van der Waals surface area (Å²) in [4.78, 5) is 34.0. The SMILES string of the molecule is CCOC(=O)c1ccc(NC(=O)Cn2cc(C(=O)O)nn2)cc1. The lowest BCUT2D eigenvalue weighted by atomic mass is 10.2. The summed E-state index contributed by atoms with van der Waals surface area (Å²) >= 11 is 0. The zero-order valence-corrected chi connectivity index (χ0v) is 12.2. The van der Waals surface area contributed by atoms with E-state index in [0.717, 1.165) is 10.9 Å². The van der Waals surface area contributed by atoms with E-state index in [2.05, 4.69) is 15.6 Å². The number of carboxylic acids is 1. The second kappa shape index (κ2) is 7.16. The first-order chi connectivity index (χ1) is 11.0. The van der Waals surface area contributed by atoms with Crippen LogP contribution in [0.1, 0.15) is 27.8 Å². The number of esters is 1. The van der Waals surface area contributed by atoms with Crippen molar-refractivity contribution in [1.82, 2.24) is 15.0 Å². The van der Waals surface area contributed by atoms with Crippen molar-refractivity contribution in [3.63, 3.8) is 0 Å². The number of carbonyl (C=O) groups excluding carboxylic acids is 2. The Kier molecular flexibility index (Phi) is 5.03. The average molecular weight is 318 g/mol. The van der Waals surface area contributed by atoms with Gasteiger partial charge < -0.3 is 15.2 Å². The lowest BCUT2D eigenvalue weighted by Crippen LogP contribution is -2.19. The van der Waals surface area contributed by atoms with Gasteiger partial charge in [-0.1, -0.05) is 5.21 Å². The Morgan fingerprint density at radius 2 is 1.96 bits per heavy atom. The number of nitrogens with zero attached hydrogens (tertiary/aromatic N) is 3. The third-order valence-corrected chi connectivity index (χ3v) is 2.74. The van der Waals surface area contributed by atoms with E-state index >= 15 is 0 Å². The minimum absolute atomic E-state index is 0.181. The van der Waals surface area contributed by atoms with Gasteiger partial charge in [-0.05, 0) is 31.2 Å². The van der Waals surface area contributed by atoms with Crippen molar-refractivity contribution in [2.45, 2.75) is 13.5 Å². The van der Waals surface area contributed by atoms with E-state index in [9.17, 15) is 14.4 Å². The quantitative estimate of drug-likeness (QED) is 0.755. The standard InChI is InChI=1S/C14H14N4O5/c1-2-23-14(22)9-3-5-10(6-4-9)15-12(19)8-18-7-11(13(20)21)16-17-18/h3-7H,2,8H2,1H3,(H,15,19)(H,20,21). The van der Waals surface area contributed by atoms with Gasteiger partial charge in [0.2, 0.25) is 5.91 Å². The van der Waals surface area contributed by atoms with Crippen LogP contribution in [0.2, 0.25) is 0 Å². The summed E-state index contributed by atoms with van der Waals surface area (Å²) in [6.07, 6.45) is 1.16. The summed E-state index contributed by atoms with van der Waals surface area (Å²) in [5.41, 5.74) is 0.630. The molecule has 2 N–H and O–H groups in total. The molecule has 0 spiro atoms. The highest BCUT2D eigenvalue weighted by molar-refractivity contribution is 5.93. The van der Waals surface area contributed by atoms with Gasteiger partial charge in [-0.3, -0.25) is 4.79 Å². The highest BCUT2D eigenvalue weighted by Crippen LogP contribution is 2.10. The van der Waals surface area contributed by atoms with E-state index in [4.69, 9.17) is 9.84 Å². The molecule has 2 aromatic rings. The van der Waals surface area contributed by atoms with E-state index < -0.39 is 17.8 Å². The van der Waals surface area contributed by atoms with Gasteiger partial charge in [0.15, 0.2) is 5.69 Å². The molecular weight excluding hydrogens is 304 g/mol. The molecule has 0 bridgehead atoms. The zero-order chi connectivity index (χ0) is 16.8. The van der Waals surface area contributed by atoms with Crippen LogP contribution in [0.4, 0.5) is 5.69 Å². The number of amides is 1. The Labute approximate surface area is 130 Å². The highest BCUT2D eigenvalue weighted by Gasteiger charge is 2.11. The number of carbonyl (C=O) groups is 3. The number of aromatic carboxylic acids is 1. The third-order valence-electron chi connectivity index (χ3n) is 2.74. The van der Waals surface area contributed by atoms with Gasteiger partial charge in [0.05, 0.1) is 18.4 Å². The Morgan fingerprint density at radius 3 is 2.52 bits per heavy atom. The largest absolute Gasteiger partial charge is 0.476 e. The average Bonchev–Trinajstić information content (AvgIpc) is 2.96. The lowest BCUT2D eigenvalue weighted by Gasteiger charge is -2.06. The molecular formula is C14H14N4O5. The lowest BCUT2D eigenvalue weighted by molar-refractivity contribution is -0.116. The van der Waals surface area contributed by atoms with Crippen LogP contribution in [0, 0.1) is 0 Å². The molecule has 0 aliphatic rings. The number of carboxylic acid groups (broad SMARTS) is 1. The van der Waals surface area contributed by atoms with Crippen molar-refractivity contribution in [3.8, 4) is 0 Å². The maximum Gasteiger partial charge on any atom is 0.358 e. The summed E-state index contributed by atoms with van der Waals surface area (Å²) in [6, 6.07) is 6.19. The molecule has 0 unspecified atom stereocenters. The van der Waals surface area contributed by atoms with Crippen molar-refractivity contribution in [3.05, 3.63) is 41.7 Å². The first-order valence-electron chi connectivity index (χ1n) is 6.70. The molecule has 1 heterocycles. The van der Waals surface area contributed by atoms with Crippen molar-refractivity contribution >= 4 is 23.5 Å². The Bertz CT molecular complexity index is 723. The molecule has 9 heteroatoms. The molecule has 0 aliphatic heterocycles. The molecule has 1 amide bonds. The molecule has 23 heavy (non-hydrogen) atoms. The van der Waals surface area contributed by atoms with Gasteiger partial charge in [0.1, 0.15) is 6.54 Å². The van der Waals surface area contributed by atoms with Crippen molar-refractivity contribution < 1.29 is 24.2 Å². The molecule has 0 saturated heterocycles. The van der Waals surface area contributed by atoms with Crippen LogP contribution in [-0.4, -0.2) is 44.6 Å². The van der Waals surface area contributed by atoms with Crippen molar-refractivity contribution in [2.24, 2.45) is 0 Å². The van der Waals surface area contributed by atoms with E-state index in [-0.39, 0.29) is 18.8 Å². The van der Waals surface area contributed by atoms with Crippen LogP contribution in [0.15, 0.2) is 30.5 Å². The van der Waals surface area contributed by atoms with Gasteiger partial charge in [0.25, 0.3) is 0 Å². The maximum absolute atomic E-state index is 11.8. The van der Waals surface area contributed by atoms with Crippen LogP contribution < -0.4 is 5.32 Å². The summed E-state index contributed by atoms with van der Waals surface area (Å²) in [5.74, 6) is -2.06. The molecule has 2 rings (SSSR count). The molecule has 0 fully saturated rings. The Hall–Kier alpha value is -3.23. The van der Waals surface area contributed by atoms with Crippen LogP contribution >= 0.6 is 0 Å². The first kappa shape index (κ1) is 16.1. The second-order valence-corrected chi connectivity index (χ2v) is 4.45. The fraction of sp³-hybridized carbons (Fsp3) is 0.214. The topological polar surface area (TPSA) is 123 Å². The van der Waals surface area contributed by atoms with Gasteiger partial charge >= 0.3 is 11.9 Å². The van der Waals surface area contributed by atoms with Crippen molar-refractivity contribution in [1.29, 1.82) is 0 Å². The van der Waals surface area contributed by atoms with E-state index in [0.29, 0.717) is 11.3 Å². The van der Waals surface area contributed by atoms with Gasteiger partial charge in [0, 0.05) is 5.69 Å². The van der Waals surface area contributed by atoms with Gasteiger partial charge in [-0.25, -0.2) is 14.3 Å². The molecule has 9 nitrogen and oxygen atoms in total. The Balaban J connectivity index is 1.94. The van der Waals surface area contributed by atoms with E-state index in [1.165, 1.54) is 12.1 Å². The highest BCUT2D eigenvalue weighted by atomic mass is 16.5.